The summed E-state index contributed by atoms with van der Waals surface area (Å²) < 4.78 is 0. The first kappa shape index (κ1) is 16.8. The number of hydrogen-bond acceptors (Lipinski definition) is 3. The number of pyridine rings is 1. The summed E-state index contributed by atoms with van der Waals surface area (Å²) in [6.07, 6.45) is 7.48. The van der Waals surface area contributed by atoms with Crippen LogP contribution in [0.5, 0.6) is 0 Å². The summed E-state index contributed by atoms with van der Waals surface area (Å²) in [6, 6.07) is 9.60. The number of carbonyl (C=O) groups excluding carboxylic acids is 1. The van der Waals surface area contributed by atoms with E-state index < -0.39 is 0 Å². The van der Waals surface area contributed by atoms with Gasteiger partial charge in [-0.25, -0.2) is 4.98 Å². The molecule has 2 N–H and O–H groups in total. The molecular weight excluding hydrogens is 322 g/mol. The summed E-state index contributed by atoms with van der Waals surface area (Å²) in [7, 11) is 0. The van der Waals surface area contributed by atoms with Crippen molar-refractivity contribution in [3.63, 3.8) is 0 Å². The van der Waals surface area contributed by atoms with Crippen LogP contribution in [0.4, 0.5) is 11.4 Å². The number of rotatable bonds is 4. The quantitative estimate of drug-likeness (QED) is 0.834. The molecule has 0 atom stereocenters. The van der Waals surface area contributed by atoms with Crippen molar-refractivity contribution in [1.82, 2.24) is 10.3 Å². The van der Waals surface area contributed by atoms with Crippen LogP contribution in [0.15, 0.2) is 36.5 Å². The van der Waals surface area contributed by atoms with Gasteiger partial charge in [0, 0.05) is 16.8 Å². The van der Waals surface area contributed by atoms with Crippen molar-refractivity contribution < 1.29 is 4.79 Å². The number of aromatic nitrogens is 1. The molecule has 2 aromatic rings. The van der Waals surface area contributed by atoms with Crippen LogP contribution in [-0.4, -0.2) is 16.9 Å². The maximum atomic E-state index is 12.3. The Hall–Kier alpha value is -2.07. The number of anilines is 2. The number of aryl methyl sites for hydroxylation is 1. The van der Waals surface area contributed by atoms with E-state index in [1.165, 1.54) is 19.3 Å². The largest absolute Gasteiger partial charge is 0.354 e. The van der Waals surface area contributed by atoms with Crippen LogP contribution in [0.25, 0.3) is 0 Å². The third-order valence-corrected chi connectivity index (χ3v) is 4.65. The average Bonchev–Trinajstić information content (AvgIpc) is 2.60. The van der Waals surface area contributed by atoms with E-state index in [0.717, 1.165) is 29.8 Å². The second kappa shape index (κ2) is 7.67. The number of carbonyl (C=O) groups is 1. The molecule has 1 fully saturated rings. The number of amides is 1. The molecule has 1 aliphatic rings. The van der Waals surface area contributed by atoms with Gasteiger partial charge in [-0.1, -0.05) is 36.9 Å². The first-order valence-corrected chi connectivity index (χ1v) is 8.80. The van der Waals surface area contributed by atoms with Gasteiger partial charge in [-0.3, -0.25) is 4.79 Å². The second-order valence-corrected chi connectivity index (χ2v) is 6.76. The zero-order valence-electron chi connectivity index (χ0n) is 13.8. The zero-order valence-corrected chi connectivity index (χ0v) is 14.6. The predicted octanol–water partition coefficient (Wildman–Crippen LogP) is 4.85. The zero-order chi connectivity index (χ0) is 16.9. The fourth-order valence-corrected chi connectivity index (χ4v) is 3.16. The highest BCUT2D eigenvalue weighted by Gasteiger charge is 2.17. The Labute approximate surface area is 147 Å². The number of nitrogens with zero attached hydrogens (tertiary/aromatic N) is 1. The highest BCUT2D eigenvalue weighted by Crippen LogP contribution is 2.24. The minimum Gasteiger partial charge on any atom is -0.354 e. The summed E-state index contributed by atoms with van der Waals surface area (Å²) in [5.74, 6) is -0.0904. The van der Waals surface area contributed by atoms with Crippen LogP contribution in [0.2, 0.25) is 5.02 Å². The molecule has 5 heteroatoms. The lowest BCUT2D eigenvalue weighted by Gasteiger charge is -2.22. The molecule has 0 radical (unpaired) electrons. The van der Waals surface area contributed by atoms with E-state index in [1.54, 1.807) is 12.3 Å². The van der Waals surface area contributed by atoms with Crippen molar-refractivity contribution in [2.75, 3.05) is 5.32 Å². The first-order valence-electron chi connectivity index (χ1n) is 8.42. The number of halogens is 1. The number of nitrogens with one attached hydrogen (secondary N) is 2. The van der Waals surface area contributed by atoms with Crippen LogP contribution in [0.3, 0.4) is 0 Å². The van der Waals surface area contributed by atoms with E-state index >= 15 is 0 Å². The van der Waals surface area contributed by atoms with E-state index in [4.69, 9.17) is 11.6 Å². The lowest BCUT2D eigenvalue weighted by Crippen LogP contribution is -2.36. The molecule has 0 spiro atoms. The lowest BCUT2D eigenvalue weighted by atomic mass is 9.95. The van der Waals surface area contributed by atoms with Gasteiger partial charge in [0.05, 0.1) is 11.9 Å². The van der Waals surface area contributed by atoms with Gasteiger partial charge in [0.1, 0.15) is 5.69 Å². The molecule has 1 saturated carbocycles. The Kier molecular flexibility index (Phi) is 5.36. The Morgan fingerprint density at radius 1 is 1.17 bits per heavy atom. The maximum Gasteiger partial charge on any atom is 0.270 e. The van der Waals surface area contributed by atoms with Crippen LogP contribution >= 0.6 is 11.6 Å². The highest BCUT2D eigenvalue weighted by atomic mass is 35.5. The lowest BCUT2D eigenvalue weighted by molar-refractivity contribution is 0.0922. The van der Waals surface area contributed by atoms with Gasteiger partial charge in [0.15, 0.2) is 0 Å². The van der Waals surface area contributed by atoms with Gasteiger partial charge in [-0.15, -0.1) is 0 Å². The fraction of sp³-hybridized carbons (Fsp3) is 0.368. The molecule has 1 amide bonds. The Morgan fingerprint density at radius 3 is 2.67 bits per heavy atom. The van der Waals surface area contributed by atoms with Gasteiger partial charge < -0.3 is 10.6 Å². The molecule has 1 aliphatic carbocycles. The molecule has 0 unspecified atom stereocenters. The normalized spacial score (nSPS) is 15.1. The van der Waals surface area contributed by atoms with E-state index in [9.17, 15) is 4.79 Å². The second-order valence-electron chi connectivity index (χ2n) is 6.32. The number of benzene rings is 1. The van der Waals surface area contributed by atoms with Crippen molar-refractivity contribution in [3.05, 3.63) is 52.8 Å². The van der Waals surface area contributed by atoms with Gasteiger partial charge in [0.2, 0.25) is 0 Å². The molecule has 3 rings (SSSR count). The molecule has 1 aromatic carbocycles. The van der Waals surface area contributed by atoms with Gasteiger partial charge in [-0.2, -0.15) is 0 Å². The van der Waals surface area contributed by atoms with Gasteiger partial charge in [-0.05, 0) is 49.6 Å². The molecule has 24 heavy (non-hydrogen) atoms. The first-order chi connectivity index (χ1) is 11.6. The van der Waals surface area contributed by atoms with Crippen LogP contribution < -0.4 is 10.6 Å². The van der Waals surface area contributed by atoms with Crippen molar-refractivity contribution in [2.45, 2.75) is 45.1 Å². The smallest absolute Gasteiger partial charge is 0.270 e. The minimum atomic E-state index is -0.0904. The molecule has 0 bridgehead atoms. The van der Waals surface area contributed by atoms with Crippen molar-refractivity contribution in [2.24, 2.45) is 0 Å². The summed E-state index contributed by atoms with van der Waals surface area (Å²) in [5.41, 5.74) is 3.31. The maximum absolute atomic E-state index is 12.3. The third kappa shape index (κ3) is 4.26. The summed E-state index contributed by atoms with van der Waals surface area (Å²) in [4.78, 5) is 16.6. The molecular formula is C19H22ClN3O. The van der Waals surface area contributed by atoms with E-state index in [2.05, 4.69) is 15.6 Å². The van der Waals surface area contributed by atoms with E-state index in [1.807, 2.05) is 31.2 Å². The topological polar surface area (TPSA) is 54.0 Å². The Morgan fingerprint density at radius 2 is 1.96 bits per heavy atom. The molecule has 1 aromatic heterocycles. The standard InChI is InChI=1S/C19H22ClN3O/c1-13-7-8-14(20)11-18(13)22-16-9-10-17(21-12-16)19(24)23-15-5-3-2-4-6-15/h7-12,15,22H,2-6H2,1H3,(H,23,24). The Bertz CT molecular complexity index is 709. The van der Waals surface area contributed by atoms with Crippen LogP contribution in [0.1, 0.15) is 48.2 Å². The Balaban J connectivity index is 1.64. The minimum absolute atomic E-state index is 0.0904. The van der Waals surface area contributed by atoms with Gasteiger partial charge >= 0.3 is 0 Å². The molecule has 1 heterocycles. The van der Waals surface area contributed by atoms with Crippen LogP contribution in [-0.2, 0) is 0 Å². The molecule has 0 saturated heterocycles. The van der Waals surface area contributed by atoms with Gasteiger partial charge in [0.25, 0.3) is 5.91 Å². The van der Waals surface area contributed by atoms with E-state index in [0.29, 0.717) is 16.8 Å². The third-order valence-electron chi connectivity index (χ3n) is 4.42. The van der Waals surface area contributed by atoms with Crippen molar-refractivity contribution in [3.8, 4) is 0 Å². The summed E-state index contributed by atoms with van der Waals surface area (Å²) >= 11 is 6.03. The highest BCUT2D eigenvalue weighted by molar-refractivity contribution is 6.30. The van der Waals surface area contributed by atoms with Crippen molar-refractivity contribution in [1.29, 1.82) is 0 Å². The SMILES string of the molecule is Cc1ccc(Cl)cc1Nc1ccc(C(=O)NC2CCCCC2)nc1. The number of hydrogen-bond donors (Lipinski definition) is 2. The fourth-order valence-electron chi connectivity index (χ4n) is 2.99. The van der Waals surface area contributed by atoms with Crippen molar-refractivity contribution >= 4 is 28.9 Å². The monoisotopic (exact) mass is 343 g/mol. The van der Waals surface area contributed by atoms with E-state index in [-0.39, 0.29) is 5.91 Å². The molecule has 126 valence electrons. The summed E-state index contributed by atoms with van der Waals surface area (Å²) in [6.45, 7) is 2.01. The van der Waals surface area contributed by atoms with Crippen LogP contribution in [0, 0.1) is 6.92 Å². The molecule has 4 nitrogen and oxygen atoms in total. The summed E-state index contributed by atoms with van der Waals surface area (Å²) in [5, 5.41) is 7.04. The molecule has 0 aliphatic heterocycles. The average molecular weight is 344 g/mol. The predicted molar refractivity (Wildman–Crippen MR) is 98.0 cm³/mol.